The predicted octanol–water partition coefficient (Wildman–Crippen LogP) is 4.32. The Kier molecular flexibility index (Phi) is 6.30. The number of thiazole rings is 1. The van der Waals surface area contributed by atoms with Gasteiger partial charge in [-0.15, -0.1) is 11.3 Å². The van der Waals surface area contributed by atoms with Crippen molar-refractivity contribution < 1.29 is 9.18 Å². The van der Waals surface area contributed by atoms with Gasteiger partial charge in [0, 0.05) is 17.5 Å². The fraction of sp³-hybridized carbons (Fsp3) is 0.182. The second-order valence-electron chi connectivity index (χ2n) is 7.01. The summed E-state index contributed by atoms with van der Waals surface area (Å²) in [7, 11) is 0. The third kappa shape index (κ3) is 4.39. The number of halogens is 1. The number of thiophene rings is 1. The average molecular weight is 467 g/mol. The summed E-state index contributed by atoms with van der Waals surface area (Å²) in [5.74, 6) is -0.327. The molecule has 0 aliphatic rings. The molecule has 3 heterocycles. The molecule has 0 radical (unpaired) electrons. The second kappa shape index (κ2) is 9.30. The molecule has 4 aromatic rings. The number of amides is 1. The van der Waals surface area contributed by atoms with E-state index in [-0.39, 0.29) is 17.5 Å². The first-order valence-electron chi connectivity index (χ1n) is 9.79. The number of rotatable bonds is 7. The average Bonchev–Trinajstić information content (AvgIpc) is 3.51. The number of nitrogens with one attached hydrogen (secondary N) is 1. The van der Waals surface area contributed by atoms with Crippen LogP contribution in [0.4, 0.5) is 10.2 Å². The Hall–Kier alpha value is -3.55. The minimum Gasteiger partial charge on any atom is -0.382 e. The quantitative estimate of drug-likeness (QED) is 0.394. The Morgan fingerprint density at radius 1 is 1.31 bits per heavy atom. The number of carbonyl (C=O) groups is 1. The highest BCUT2D eigenvalue weighted by molar-refractivity contribution is 7.17. The molecule has 4 rings (SSSR count). The van der Waals surface area contributed by atoms with Crippen LogP contribution in [0.5, 0.6) is 0 Å². The number of aryl methyl sites for hydroxylation is 2. The molecule has 0 saturated carbocycles. The van der Waals surface area contributed by atoms with E-state index in [1.165, 1.54) is 28.2 Å². The zero-order chi connectivity index (χ0) is 22.7. The van der Waals surface area contributed by atoms with Crippen LogP contribution in [0.25, 0.3) is 16.3 Å². The minimum atomic E-state index is -0.366. The van der Waals surface area contributed by atoms with E-state index in [4.69, 9.17) is 5.73 Å². The molecule has 0 aliphatic carbocycles. The Morgan fingerprint density at radius 2 is 2.09 bits per heavy atom. The van der Waals surface area contributed by atoms with E-state index >= 15 is 0 Å². The largest absolute Gasteiger partial charge is 0.382 e. The Bertz CT molecular complexity index is 1290. The fourth-order valence-electron chi connectivity index (χ4n) is 3.21. The molecular formula is C22H19FN6OS2. The van der Waals surface area contributed by atoms with Crippen molar-refractivity contribution in [3.8, 4) is 22.3 Å². The number of carbonyl (C=O) groups excluding carboxylic acids is 1. The predicted molar refractivity (Wildman–Crippen MR) is 123 cm³/mol. The van der Waals surface area contributed by atoms with Crippen LogP contribution < -0.4 is 11.1 Å². The maximum atomic E-state index is 13.2. The van der Waals surface area contributed by atoms with E-state index in [9.17, 15) is 14.4 Å². The molecule has 0 saturated heterocycles. The molecule has 3 aromatic heterocycles. The number of nitrogens with two attached hydrogens (primary N) is 1. The van der Waals surface area contributed by atoms with Gasteiger partial charge in [0.25, 0.3) is 5.91 Å². The third-order valence-corrected chi connectivity index (χ3v) is 6.71. The summed E-state index contributed by atoms with van der Waals surface area (Å²) in [6, 6.07) is 9.78. The van der Waals surface area contributed by atoms with Crippen molar-refractivity contribution in [1.29, 1.82) is 5.26 Å². The minimum absolute atomic E-state index is 0.168. The summed E-state index contributed by atoms with van der Waals surface area (Å²) < 4.78 is 14.6. The molecule has 10 heteroatoms. The van der Waals surface area contributed by atoms with E-state index in [0.29, 0.717) is 46.9 Å². The Labute approximate surface area is 192 Å². The van der Waals surface area contributed by atoms with Crippen LogP contribution >= 0.6 is 22.7 Å². The SMILES string of the molecule is Cc1nc(-c2ccsc2)sc1C(=O)NCCCc1nn(-c2ccc(F)cc2)c(N)c1C#N. The summed E-state index contributed by atoms with van der Waals surface area (Å²) >= 11 is 2.96. The zero-order valence-corrected chi connectivity index (χ0v) is 18.8. The number of nitriles is 1. The fourth-order valence-corrected chi connectivity index (χ4v) is 4.90. The Morgan fingerprint density at radius 3 is 2.78 bits per heavy atom. The topological polar surface area (TPSA) is 110 Å². The van der Waals surface area contributed by atoms with Crippen LogP contribution in [0.3, 0.4) is 0 Å². The lowest BCUT2D eigenvalue weighted by molar-refractivity contribution is 0.0956. The molecule has 162 valence electrons. The number of benzene rings is 1. The first-order chi connectivity index (χ1) is 15.5. The van der Waals surface area contributed by atoms with Crippen LogP contribution in [0.1, 0.15) is 33.0 Å². The van der Waals surface area contributed by atoms with Crippen LogP contribution in [-0.4, -0.2) is 27.2 Å². The van der Waals surface area contributed by atoms with E-state index in [2.05, 4.69) is 21.5 Å². The van der Waals surface area contributed by atoms with Crippen LogP contribution in [-0.2, 0) is 6.42 Å². The van der Waals surface area contributed by atoms with Crippen molar-refractivity contribution in [2.75, 3.05) is 12.3 Å². The smallest absolute Gasteiger partial charge is 0.263 e. The van der Waals surface area contributed by atoms with E-state index in [1.54, 1.807) is 23.5 Å². The van der Waals surface area contributed by atoms with E-state index in [0.717, 1.165) is 10.6 Å². The molecule has 3 N–H and O–H groups in total. The summed E-state index contributed by atoms with van der Waals surface area (Å²) in [4.78, 5) is 17.7. The first-order valence-corrected chi connectivity index (χ1v) is 11.6. The highest BCUT2D eigenvalue weighted by Crippen LogP contribution is 2.29. The number of aromatic nitrogens is 3. The molecule has 0 bridgehead atoms. The summed E-state index contributed by atoms with van der Waals surface area (Å²) in [5, 5.41) is 21.6. The van der Waals surface area contributed by atoms with E-state index < -0.39 is 0 Å². The van der Waals surface area contributed by atoms with Crippen LogP contribution in [0, 0.1) is 24.1 Å². The summed E-state index contributed by atoms with van der Waals surface area (Å²) in [5.41, 5.74) is 9.20. The van der Waals surface area contributed by atoms with Gasteiger partial charge in [-0.25, -0.2) is 14.1 Å². The lowest BCUT2D eigenvalue weighted by Crippen LogP contribution is -2.24. The van der Waals surface area contributed by atoms with Crippen molar-refractivity contribution in [2.45, 2.75) is 19.8 Å². The number of nitrogen functional groups attached to an aromatic ring is 1. The highest BCUT2D eigenvalue weighted by Gasteiger charge is 2.18. The zero-order valence-electron chi connectivity index (χ0n) is 17.1. The Balaban J connectivity index is 1.39. The lowest BCUT2D eigenvalue weighted by Gasteiger charge is -2.04. The molecule has 32 heavy (non-hydrogen) atoms. The number of anilines is 1. The van der Waals surface area contributed by atoms with Gasteiger partial charge in [-0.1, -0.05) is 0 Å². The van der Waals surface area contributed by atoms with Gasteiger partial charge in [-0.2, -0.15) is 21.7 Å². The number of nitrogens with zero attached hydrogens (tertiary/aromatic N) is 4. The van der Waals surface area contributed by atoms with Gasteiger partial charge in [0.2, 0.25) is 0 Å². The van der Waals surface area contributed by atoms with Crippen LogP contribution in [0.2, 0.25) is 0 Å². The van der Waals surface area contributed by atoms with Crippen molar-refractivity contribution in [3.63, 3.8) is 0 Å². The molecule has 1 amide bonds. The maximum absolute atomic E-state index is 13.2. The van der Waals surface area contributed by atoms with Gasteiger partial charge < -0.3 is 11.1 Å². The maximum Gasteiger partial charge on any atom is 0.263 e. The van der Waals surface area contributed by atoms with Crippen molar-refractivity contribution in [3.05, 3.63) is 68.7 Å². The number of hydrogen-bond donors (Lipinski definition) is 2. The highest BCUT2D eigenvalue weighted by atomic mass is 32.1. The van der Waals surface area contributed by atoms with E-state index in [1.807, 2.05) is 23.8 Å². The van der Waals surface area contributed by atoms with Crippen molar-refractivity contribution >= 4 is 34.4 Å². The first kappa shape index (κ1) is 21.7. The molecule has 0 atom stereocenters. The molecule has 7 nitrogen and oxygen atoms in total. The molecule has 0 spiro atoms. The van der Waals surface area contributed by atoms with Gasteiger partial charge in [0.15, 0.2) is 0 Å². The molecule has 1 aromatic carbocycles. The molecule has 0 fully saturated rings. The van der Waals surface area contributed by atoms with Crippen molar-refractivity contribution in [2.24, 2.45) is 0 Å². The third-order valence-electron chi connectivity index (χ3n) is 4.82. The second-order valence-corrected chi connectivity index (χ2v) is 8.79. The normalized spacial score (nSPS) is 10.8. The standard InChI is InChI=1S/C22H19FN6OS2/c1-13-19(32-22(27-13)14-8-10-31-12-14)21(30)26-9-2-3-18-17(11-24)20(25)29(28-18)16-6-4-15(23)5-7-16/h4-8,10,12H,2-3,9,25H2,1H3,(H,26,30). The summed E-state index contributed by atoms with van der Waals surface area (Å²) in [6.45, 7) is 2.24. The van der Waals surface area contributed by atoms with Crippen LogP contribution in [0.15, 0.2) is 41.1 Å². The lowest BCUT2D eigenvalue weighted by atomic mass is 10.1. The van der Waals surface area contributed by atoms with Gasteiger partial charge in [0.05, 0.1) is 17.1 Å². The van der Waals surface area contributed by atoms with Gasteiger partial charge in [-0.3, -0.25) is 4.79 Å². The molecule has 0 aliphatic heterocycles. The summed E-state index contributed by atoms with van der Waals surface area (Å²) in [6.07, 6.45) is 1.04. The molecule has 0 unspecified atom stereocenters. The molecular weight excluding hydrogens is 447 g/mol. The number of hydrogen-bond acceptors (Lipinski definition) is 7. The van der Waals surface area contributed by atoms with Gasteiger partial charge in [0.1, 0.15) is 33.2 Å². The van der Waals surface area contributed by atoms with Crippen molar-refractivity contribution in [1.82, 2.24) is 20.1 Å². The monoisotopic (exact) mass is 466 g/mol. The van der Waals surface area contributed by atoms with Gasteiger partial charge in [-0.05, 0) is 55.5 Å². The van der Waals surface area contributed by atoms with Gasteiger partial charge >= 0.3 is 0 Å².